The van der Waals surface area contributed by atoms with Crippen LogP contribution in [0.3, 0.4) is 0 Å². The molecule has 0 N–H and O–H groups in total. The van der Waals surface area contributed by atoms with Gasteiger partial charge in [0.25, 0.3) is 5.91 Å². The summed E-state index contributed by atoms with van der Waals surface area (Å²) in [4.78, 5) is 27.4. The van der Waals surface area contributed by atoms with Gasteiger partial charge in [-0.3, -0.25) is 4.79 Å². The number of amides is 1. The number of methoxy groups -OCH3 is 3. The van der Waals surface area contributed by atoms with E-state index in [1.807, 2.05) is 13.8 Å². The molecular weight excluding hydrogens is 374 g/mol. The fourth-order valence-corrected chi connectivity index (χ4v) is 3.31. The zero-order chi connectivity index (χ0) is 21.7. The summed E-state index contributed by atoms with van der Waals surface area (Å²) in [7, 11) is 4.55. The van der Waals surface area contributed by atoms with Crippen molar-refractivity contribution in [3.8, 4) is 17.2 Å². The monoisotopic (exact) mass is 403 g/mol. The van der Waals surface area contributed by atoms with Crippen LogP contribution in [0.5, 0.6) is 17.2 Å². The molecule has 0 bridgehead atoms. The van der Waals surface area contributed by atoms with Crippen molar-refractivity contribution >= 4 is 18.0 Å². The molecule has 0 saturated carbocycles. The Morgan fingerprint density at radius 3 is 2.28 bits per heavy atom. The van der Waals surface area contributed by atoms with Crippen LogP contribution in [0.15, 0.2) is 29.0 Å². The predicted octanol–water partition coefficient (Wildman–Crippen LogP) is 3.43. The fourth-order valence-electron chi connectivity index (χ4n) is 3.31. The predicted molar refractivity (Wildman–Crippen MR) is 110 cm³/mol. The number of carbonyl (C=O) groups excluding carboxylic acids is 2. The van der Waals surface area contributed by atoms with Crippen molar-refractivity contribution in [2.75, 3.05) is 34.5 Å². The van der Waals surface area contributed by atoms with E-state index >= 15 is 0 Å². The highest BCUT2D eigenvalue weighted by Gasteiger charge is 2.37. The minimum Gasteiger partial charge on any atom is -0.493 e. The van der Waals surface area contributed by atoms with Crippen LogP contribution >= 0.6 is 0 Å². The molecule has 1 aliphatic heterocycles. The number of nitrogens with zero attached hydrogens (tertiary/aromatic N) is 1. The number of ether oxygens (including phenoxy) is 4. The number of hydrogen-bond acceptors (Lipinski definition) is 6. The Labute approximate surface area is 171 Å². The highest BCUT2D eigenvalue weighted by Crippen LogP contribution is 2.42. The summed E-state index contributed by atoms with van der Waals surface area (Å²) in [6, 6.07) is 3.48. The second kappa shape index (κ2) is 9.49. The van der Waals surface area contributed by atoms with Gasteiger partial charge in [-0.15, -0.1) is 0 Å². The van der Waals surface area contributed by atoms with Crippen molar-refractivity contribution in [2.24, 2.45) is 5.92 Å². The van der Waals surface area contributed by atoms with E-state index in [0.717, 1.165) is 0 Å². The van der Waals surface area contributed by atoms with E-state index in [9.17, 15) is 9.59 Å². The molecular formula is C22H29NO6. The van der Waals surface area contributed by atoms with Crippen LogP contribution in [0.25, 0.3) is 6.08 Å². The van der Waals surface area contributed by atoms with Crippen molar-refractivity contribution in [3.63, 3.8) is 0 Å². The first kappa shape index (κ1) is 22.3. The minimum absolute atomic E-state index is 0.223. The molecule has 1 aromatic rings. The number of hydrogen-bond donors (Lipinski definition) is 0. The first-order valence-electron chi connectivity index (χ1n) is 9.51. The summed E-state index contributed by atoms with van der Waals surface area (Å²) >= 11 is 0. The summed E-state index contributed by atoms with van der Waals surface area (Å²) in [6.07, 6.45) is 1.64. The summed E-state index contributed by atoms with van der Waals surface area (Å²) < 4.78 is 21.5. The molecule has 0 aromatic heterocycles. The van der Waals surface area contributed by atoms with E-state index in [-0.39, 0.29) is 29.6 Å². The van der Waals surface area contributed by atoms with E-state index < -0.39 is 5.97 Å². The maximum Gasteiger partial charge on any atom is 0.340 e. The summed E-state index contributed by atoms with van der Waals surface area (Å²) in [5.41, 5.74) is 1.73. The number of carbonyl (C=O) groups is 2. The van der Waals surface area contributed by atoms with Gasteiger partial charge in [-0.25, -0.2) is 4.79 Å². The number of allylic oxidation sites excluding steroid dienone is 1. The first-order chi connectivity index (χ1) is 13.8. The molecule has 2 rings (SSSR count). The van der Waals surface area contributed by atoms with Crippen molar-refractivity contribution < 1.29 is 28.5 Å². The molecule has 1 heterocycles. The summed E-state index contributed by atoms with van der Waals surface area (Å²) in [5, 5.41) is 0. The van der Waals surface area contributed by atoms with E-state index in [2.05, 4.69) is 0 Å². The molecule has 1 aromatic carbocycles. The molecule has 0 radical (unpaired) electrons. The maximum absolute atomic E-state index is 13.2. The van der Waals surface area contributed by atoms with Gasteiger partial charge in [0.05, 0.1) is 39.1 Å². The Bertz CT molecular complexity index is 853. The molecule has 0 fully saturated rings. The number of esters is 1. The Balaban J connectivity index is 2.65. The molecule has 158 valence electrons. The molecule has 7 heteroatoms. The van der Waals surface area contributed by atoms with Crippen LogP contribution in [0.4, 0.5) is 0 Å². The van der Waals surface area contributed by atoms with Crippen molar-refractivity contribution in [1.29, 1.82) is 0 Å². The average Bonchev–Trinajstić information content (AvgIpc) is 2.91. The molecule has 1 amide bonds. The quantitative estimate of drug-likeness (QED) is 0.489. The lowest BCUT2D eigenvalue weighted by molar-refractivity contribution is -0.138. The molecule has 0 unspecified atom stereocenters. The van der Waals surface area contributed by atoms with Gasteiger partial charge >= 0.3 is 5.97 Å². The zero-order valence-electron chi connectivity index (χ0n) is 18.1. The van der Waals surface area contributed by atoms with Crippen LogP contribution < -0.4 is 14.2 Å². The van der Waals surface area contributed by atoms with Gasteiger partial charge in [0.15, 0.2) is 11.5 Å². The number of rotatable bonds is 8. The third-order valence-corrected chi connectivity index (χ3v) is 4.57. The largest absolute Gasteiger partial charge is 0.493 e. The van der Waals surface area contributed by atoms with Gasteiger partial charge in [-0.1, -0.05) is 13.8 Å². The average molecular weight is 403 g/mol. The van der Waals surface area contributed by atoms with Crippen LogP contribution in [0.1, 0.15) is 33.3 Å². The third-order valence-electron chi connectivity index (χ3n) is 4.57. The topological polar surface area (TPSA) is 74.3 Å². The number of benzene rings is 1. The van der Waals surface area contributed by atoms with Gasteiger partial charge in [0.1, 0.15) is 0 Å². The van der Waals surface area contributed by atoms with E-state index in [0.29, 0.717) is 35.1 Å². The lowest BCUT2D eigenvalue weighted by Gasteiger charge is -2.20. The van der Waals surface area contributed by atoms with E-state index in [4.69, 9.17) is 18.9 Å². The molecule has 0 saturated heterocycles. The lowest BCUT2D eigenvalue weighted by Crippen LogP contribution is -2.28. The van der Waals surface area contributed by atoms with Gasteiger partial charge in [-0.2, -0.15) is 0 Å². The Morgan fingerprint density at radius 2 is 1.76 bits per heavy atom. The maximum atomic E-state index is 13.2. The van der Waals surface area contributed by atoms with Crippen molar-refractivity contribution in [1.82, 2.24) is 4.90 Å². The molecule has 0 atom stereocenters. The SMILES string of the molecule is CCOC(=O)C1=C(C)N(CC(C)C)C(=O)/C1=C\c1ccc(OC)c(OC)c1OC. The normalized spacial score (nSPS) is 15.4. The van der Waals surface area contributed by atoms with E-state index in [1.54, 1.807) is 37.0 Å². The van der Waals surface area contributed by atoms with E-state index in [1.165, 1.54) is 21.3 Å². The van der Waals surface area contributed by atoms with Crippen LogP contribution in [0.2, 0.25) is 0 Å². The first-order valence-corrected chi connectivity index (χ1v) is 9.51. The molecule has 0 aliphatic carbocycles. The zero-order valence-corrected chi connectivity index (χ0v) is 18.1. The second-order valence-electron chi connectivity index (χ2n) is 6.97. The lowest BCUT2D eigenvalue weighted by atomic mass is 10.0. The molecule has 29 heavy (non-hydrogen) atoms. The molecule has 1 aliphatic rings. The third kappa shape index (κ3) is 4.39. The Kier molecular flexibility index (Phi) is 7.31. The summed E-state index contributed by atoms with van der Waals surface area (Å²) in [5.74, 6) is 0.810. The smallest absolute Gasteiger partial charge is 0.340 e. The van der Waals surface area contributed by atoms with Crippen LogP contribution in [-0.2, 0) is 14.3 Å². The second-order valence-corrected chi connectivity index (χ2v) is 6.97. The minimum atomic E-state index is -0.518. The summed E-state index contributed by atoms with van der Waals surface area (Å²) in [6.45, 7) is 8.26. The Hall–Kier alpha value is -2.96. The molecule has 7 nitrogen and oxygen atoms in total. The molecule has 0 spiro atoms. The highest BCUT2D eigenvalue weighted by molar-refractivity contribution is 6.16. The highest BCUT2D eigenvalue weighted by atomic mass is 16.5. The van der Waals surface area contributed by atoms with Gasteiger partial charge in [-0.05, 0) is 38.0 Å². The van der Waals surface area contributed by atoms with Crippen molar-refractivity contribution in [2.45, 2.75) is 27.7 Å². The fraction of sp³-hybridized carbons (Fsp3) is 0.455. The van der Waals surface area contributed by atoms with Crippen LogP contribution in [-0.4, -0.2) is 51.3 Å². The van der Waals surface area contributed by atoms with Gasteiger partial charge in [0, 0.05) is 17.8 Å². The Morgan fingerprint density at radius 1 is 1.10 bits per heavy atom. The standard InChI is InChI=1S/C22H29NO6/c1-8-29-22(25)18-14(4)23(12-13(2)3)21(24)16(18)11-15-9-10-17(26-5)20(28-7)19(15)27-6/h9-11,13H,8,12H2,1-7H3/b16-11-. The van der Waals surface area contributed by atoms with Crippen LogP contribution in [0, 0.1) is 5.92 Å². The van der Waals surface area contributed by atoms with Gasteiger partial charge < -0.3 is 23.8 Å². The van der Waals surface area contributed by atoms with Gasteiger partial charge in [0.2, 0.25) is 5.75 Å². The van der Waals surface area contributed by atoms with Crippen molar-refractivity contribution in [3.05, 3.63) is 34.5 Å².